The monoisotopic (exact) mass is 267 g/mol. The van der Waals surface area contributed by atoms with Gasteiger partial charge in [-0.25, -0.2) is 0 Å². The van der Waals surface area contributed by atoms with Crippen molar-refractivity contribution >= 4 is 23.9 Å². The quantitative estimate of drug-likeness (QED) is 0.730. The summed E-state index contributed by atoms with van der Waals surface area (Å²) < 4.78 is 5.19. The molecule has 1 heterocycles. The van der Waals surface area contributed by atoms with Crippen LogP contribution in [0.25, 0.3) is 6.08 Å². The van der Waals surface area contributed by atoms with Crippen LogP contribution in [0.3, 0.4) is 0 Å². The van der Waals surface area contributed by atoms with E-state index in [4.69, 9.17) is 14.6 Å². The molecule has 0 saturated heterocycles. The molecule has 0 spiro atoms. The normalized spacial score (nSPS) is 10.6. The Morgan fingerprint density at radius 1 is 1.21 bits per heavy atom. The second-order valence-corrected chi connectivity index (χ2v) is 3.76. The summed E-state index contributed by atoms with van der Waals surface area (Å²) in [5.74, 6) is -2.18. The molecule has 0 atom stereocenters. The zero-order valence-corrected chi connectivity index (χ0v) is 10.2. The fourth-order valence-corrected chi connectivity index (χ4v) is 1.34. The van der Waals surface area contributed by atoms with Crippen molar-refractivity contribution in [2.24, 2.45) is 0 Å². The zero-order chi connectivity index (χ0) is 14.4. The van der Waals surface area contributed by atoms with Crippen LogP contribution in [0.2, 0.25) is 0 Å². The Labute approximate surface area is 108 Å². The highest BCUT2D eigenvalue weighted by Crippen LogP contribution is 2.08. The average Bonchev–Trinajstić information content (AvgIpc) is 2.70. The van der Waals surface area contributed by atoms with Crippen molar-refractivity contribution < 1.29 is 29.0 Å². The summed E-state index contributed by atoms with van der Waals surface area (Å²) in [5, 5.41) is 17.2. The first-order valence-electron chi connectivity index (χ1n) is 5.35. The first-order chi connectivity index (χ1) is 8.88. The third kappa shape index (κ3) is 5.07. The Morgan fingerprint density at radius 3 is 2.21 bits per heavy atom. The molecule has 1 amide bonds. The van der Waals surface area contributed by atoms with E-state index in [1.54, 1.807) is 19.1 Å². The first kappa shape index (κ1) is 14.5. The Balaban J connectivity index is 2.73. The minimum Gasteiger partial charge on any atom is -0.480 e. The van der Waals surface area contributed by atoms with Gasteiger partial charge in [-0.1, -0.05) is 0 Å². The minimum absolute atomic E-state index is 0.427. The van der Waals surface area contributed by atoms with E-state index in [0.717, 1.165) is 6.08 Å². The molecule has 0 aliphatic heterocycles. The van der Waals surface area contributed by atoms with Crippen molar-refractivity contribution in [3.05, 3.63) is 29.7 Å². The molecule has 7 nitrogen and oxygen atoms in total. The molecule has 1 rings (SSSR count). The van der Waals surface area contributed by atoms with Gasteiger partial charge in [-0.3, -0.25) is 14.4 Å². The molecule has 102 valence electrons. The van der Waals surface area contributed by atoms with E-state index in [2.05, 4.69) is 0 Å². The second kappa shape index (κ2) is 6.39. The predicted octanol–water partition coefficient (Wildman–Crippen LogP) is 0.599. The lowest BCUT2D eigenvalue weighted by atomic mass is 10.3. The number of hydrogen-bond donors (Lipinski definition) is 2. The molecule has 0 aliphatic carbocycles. The van der Waals surface area contributed by atoms with Crippen molar-refractivity contribution in [3.63, 3.8) is 0 Å². The molecule has 1 aromatic heterocycles. The molecule has 0 radical (unpaired) electrons. The van der Waals surface area contributed by atoms with Gasteiger partial charge in [-0.05, 0) is 25.1 Å². The van der Waals surface area contributed by atoms with Gasteiger partial charge in [0.2, 0.25) is 5.91 Å². The van der Waals surface area contributed by atoms with E-state index in [-0.39, 0.29) is 0 Å². The fraction of sp³-hybridized carbons (Fsp3) is 0.250. The van der Waals surface area contributed by atoms with Crippen molar-refractivity contribution in [1.82, 2.24) is 4.90 Å². The maximum atomic E-state index is 11.7. The van der Waals surface area contributed by atoms with Gasteiger partial charge in [0.1, 0.15) is 24.6 Å². The summed E-state index contributed by atoms with van der Waals surface area (Å²) in [6, 6.07) is 3.34. The van der Waals surface area contributed by atoms with E-state index < -0.39 is 30.9 Å². The van der Waals surface area contributed by atoms with Gasteiger partial charge in [-0.15, -0.1) is 0 Å². The molecule has 0 aromatic carbocycles. The van der Waals surface area contributed by atoms with E-state index >= 15 is 0 Å². The number of amides is 1. The van der Waals surface area contributed by atoms with Crippen molar-refractivity contribution in [3.8, 4) is 0 Å². The van der Waals surface area contributed by atoms with Crippen LogP contribution >= 0.6 is 0 Å². The molecule has 0 bridgehead atoms. The van der Waals surface area contributed by atoms with Crippen LogP contribution in [0.5, 0.6) is 0 Å². The maximum Gasteiger partial charge on any atom is 0.323 e. The SMILES string of the molecule is Cc1ccc(C=CC(=O)N(CC(=O)O)CC(=O)O)o1. The summed E-state index contributed by atoms with van der Waals surface area (Å²) >= 11 is 0. The topological polar surface area (TPSA) is 108 Å². The van der Waals surface area contributed by atoms with Crippen molar-refractivity contribution in [2.75, 3.05) is 13.1 Å². The molecule has 1 aromatic rings. The molecule has 19 heavy (non-hydrogen) atoms. The lowest BCUT2D eigenvalue weighted by Crippen LogP contribution is -2.38. The minimum atomic E-state index is -1.28. The van der Waals surface area contributed by atoms with E-state index in [9.17, 15) is 14.4 Å². The van der Waals surface area contributed by atoms with Crippen LogP contribution in [-0.2, 0) is 14.4 Å². The number of carboxylic acids is 2. The number of rotatable bonds is 6. The van der Waals surface area contributed by atoms with E-state index in [1.807, 2.05) is 0 Å². The lowest BCUT2D eigenvalue weighted by Gasteiger charge is -2.15. The van der Waals surface area contributed by atoms with Gasteiger partial charge in [0.05, 0.1) is 0 Å². The van der Waals surface area contributed by atoms with Gasteiger partial charge in [0, 0.05) is 6.08 Å². The summed E-state index contributed by atoms with van der Waals surface area (Å²) in [6.07, 6.45) is 2.43. The fourth-order valence-electron chi connectivity index (χ4n) is 1.34. The summed E-state index contributed by atoms with van der Waals surface area (Å²) in [7, 11) is 0. The van der Waals surface area contributed by atoms with Gasteiger partial charge in [-0.2, -0.15) is 0 Å². The number of furan rings is 1. The molecule has 0 saturated carbocycles. The van der Waals surface area contributed by atoms with Crippen molar-refractivity contribution in [2.45, 2.75) is 6.92 Å². The average molecular weight is 267 g/mol. The molecule has 0 fully saturated rings. The van der Waals surface area contributed by atoms with Gasteiger partial charge in [0.25, 0.3) is 0 Å². The van der Waals surface area contributed by atoms with Gasteiger partial charge in [0.15, 0.2) is 0 Å². The summed E-state index contributed by atoms with van der Waals surface area (Å²) in [6.45, 7) is 0.389. The zero-order valence-electron chi connectivity index (χ0n) is 10.2. The second-order valence-electron chi connectivity index (χ2n) is 3.76. The Hall–Kier alpha value is -2.57. The highest BCUT2D eigenvalue weighted by Gasteiger charge is 2.17. The Bertz CT molecular complexity index is 500. The Kier molecular flexibility index (Phi) is 4.87. The van der Waals surface area contributed by atoms with Crippen LogP contribution in [-0.4, -0.2) is 46.0 Å². The smallest absolute Gasteiger partial charge is 0.323 e. The number of carbonyl (C=O) groups is 3. The Morgan fingerprint density at radius 2 is 1.79 bits per heavy atom. The molecular weight excluding hydrogens is 254 g/mol. The molecule has 7 heteroatoms. The highest BCUT2D eigenvalue weighted by atomic mass is 16.4. The molecule has 0 unspecified atom stereocenters. The number of carboxylic acid groups (broad SMARTS) is 2. The summed E-state index contributed by atoms with van der Waals surface area (Å²) in [5.41, 5.74) is 0. The third-order valence-corrected chi connectivity index (χ3v) is 2.12. The van der Waals surface area contributed by atoms with Crippen LogP contribution in [0.4, 0.5) is 0 Å². The standard InChI is InChI=1S/C12H13NO6/c1-8-2-3-9(19-8)4-5-10(14)13(6-11(15)16)7-12(17)18/h2-5H,6-7H2,1H3,(H,15,16)(H,17,18). The first-order valence-corrected chi connectivity index (χ1v) is 5.35. The largest absolute Gasteiger partial charge is 0.480 e. The van der Waals surface area contributed by atoms with Gasteiger partial charge >= 0.3 is 11.9 Å². The summed E-state index contributed by atoms with van der Waals surface area (Å²) in [4.78, 5) is 33.5. The van der Waals surface area contributed by atoms with Crippen LogP contribution in [0, 0.1) is 6.92 Å². The third-order valence-electron chi connectivity index (χ3n) is 2.12. The highest BCUT2D eigenvalue weighted by molar-refractivity contribution is 5.95. The van der Waals surface area contributed by atoms with Crippen LogP contribution in [0.15, 0.2) is 22.6 Å². The number of carbonyl (C=O) groups excluding carboxylic acids is 1. The molecule has 2 N–H and O–H groups in total. The van der Waals surface area contributed by atoms with Crippen LogP contribution in [0.1, 0.15) is 11.5 Å². The van der Waals surface area contributed by atoms with Gasteiger partial charge < -0.3 is 19.5 Å². The number of hydrogen-bond acceptors (Lipinski definition) is 4. The number of aryl methyl sites for hydroxylation is 1. The predicted molar refractivity (Wildman–Crippen MR) is 64.3 cm³/mol. The number of aliphatic carboxylic acids is 2. The van der Waals surface area contributed by atoms with E-state index in [0.29, 0.717) is 16.4 Å². The maximum absolute atomic E-state index is 11.7. The molecular formula is C12H13NO6. The number of nitrogens with zero attached hydrogens (tertiary/aromatic N) is 1. The van der Waals surface area contributed by atoms with Crippen molar-refractivity contribution in [1.29, 1.82) is 0 Å². The van der Waals surface area contributed by atoms with E-state index in [1.165, 1.54) is 6.08 Å². The molecule has 0 aliphatic rings. The van der Waals surface area contributed by atoms with Crippen LogP contribution < -0.4 is 0 Å². The lowest BCUT2D eigenvalue weighted by molar-refractivity contribution is -0.147.